The van der Waals surface area contributed by atoms with E-state index in [1.165, 1.54) is 0 Å². The van der Waals surface area contributed by atoms with Gasteiger partial charge >= 0.3 is 0 Å². The molecule has 4 heteroatoms. The van der Waals surface area contributed by atoms with E-state index >= 15 is 0 Å². The number of fused-ring (bicyclic) bond motifs is 3. The third-order valence-corrected chi connectivity index (χ3v) is 5.03. The highest BCUT2D eigenvalue weighted by molar-refractivity contribution is 9.10. The molecule has 0 saturated carbocycles. The van der Waals surface area contributed by atoms with Crippen LogP contribution in [0.5, 0.6) is 0 Å². The van der Waals surface area contributed by atoms with Gasteiger partial charge in [0.2, 0.25) is 0 Å². The second-order valence-electron chi connectivity index (χ2n) is 6.08. The predicted octanol–water partition coefficient (Wildman–Crippen LogP) is 4.79. The fourth-order valence-corrected chi connectivity index (χ4v) is 3.74. The topological polar surface area (TPSA) is 25.2 Å². The lowest BCUT2D eigenvalue weighted by Crippen LogP contribution is -2.41. The van der Waals surface area contributed by atoms with E-state index in [2.05, 4.69) is 45.3 Å². The number of hydrogen-bond acceptors (Lipinski definition) is 1. The Bertz CT molecular complexity index is 929. The van der Waals surface area contributed by atoms with Crippen molar-refractivity contribution in [2.75, 3.05) is 6.54 Å². The van der Waals surface area contributed by atoms with Gasteiger partial charge in [0.25, 0.3) is 5.91 Å². The van der Waals surface area contributed by atoms with Crippen molar-refractivity contribution in [2.45, 2.75) is 12.6 Å². The van der Waals surface area contributed by atoms with Crippen molar-refractivity contribution in [3.8, 4) is 0 Å². The van der Waals surface area contributed by atoms with E-state index in [-0.39, 0.29) is 11.9 Å². The minimum absolute atomic E-state index is 0.0734. The first-order valence-corrected chi connectivity index (χ1v) is 8.73. The molecule has 2 aromatic carbocycles. The number of aromatic nitrogens is 1. The molecule has 0 N–H and O–H groups in total. The van der Waals surface area contributed by atoms with Crippen molar-refractivity contribution in [2.24, 2.45) is 0 Å². The molecule has 3 aromatic rings. The second kappa shape index (κ2) is 5.95. The summed E-state index contributed by atoms with van der Waals surface area (Å²) in [6.07, 6.45) is 1.92. The van der Waals surface area contributed by atoms with Crippen molar-refractivity contribution < 1.29 is 4.79 Å². The summed E-state index contributed by atoms with van der Waals surface area (Å²) in [5.74, 6) is 0.0734. The summed E-state index contributed by atoms with van der Waals surface area (Å²) in [6.45, 7) is 5.25. The Labute approximate surface area is 149 Å². The maximum Gasteiger partial charge on any atom is 0.270 e. The fraction of sp³-hybridized carbons (Fsp3) is 0.150. The lowest BCUT2D eigenvalue weighted by atomic mass is 10.1. The molecule has 1 amide bonds. The van der Waals surface area contributed by atoms with Crippen LogP contribution < -0.4 is 0 Å². The van der Waals surface area contributed by atoms with Crippen molar-refractivity contribution in [3.63, 3.8) is 0 Å². The largest absolute Gasteiger partial charge is 0.331 e. The number of benzene rings is 2. The number of carbonyl (C=O) groups excluding carboxylic acids is 1. The van der Waals surface area contributed by atoms with Crippen LogP contribution in [0.2, 0.25) is 0 Å². The van der Waals surface area contributed by atoms with E-state index in [0.29, 0.717) is 13.1 Å². The zero-order valence-corrected chi connectivity index (χ0v) is 14.7. The predicted molar refractivity (Wildman–Crippen MR) is 100 cm³/mol. The smallest absolute Gasteiger partial charge is 0.270 e. The van der Waals surface area contributed by atoms with E-state index in [4.69, 9.17) is 0 Å². The zero-order valence-electron chi connectivity index (χ0n) is 13.2. The van der Waals surface area contributed by atoms with Crippen LogP contribution in [0.4, 0.5) is 0 Å². The highest BCUT2D eigenvalue weighted by Gasteiger charge is 2.31. The van der Waals surface area contributed by atoms with Crippen LogP contribution in [0.1, 0.15) is 22.1 Å². The Balaban J connectivity index is 1.78. The third-order valence-electron chi connectivity index (χ3n) is 4.54. The van der Waals surface area contributed by atoms with Crippen LogP contribution in [-0.2, 0) is 6.54 Å². The first kappa shape index (κ1) is 15.2. The number of halogens is 1. The molecule has 0 unspecified atom stereocenters. The SMILES string of the molecule is C=C[C@@H]1CN(Cc2ccccc2)C(=O)c2cc3ccc(Br)cc3n21. The van der Waals surface area contributed by atoms with Crippen LogP contribution in [0.3, 0.4) is 0 Å². The molecule has 0 saturated heterocycles. The van der Waals surface area contributed by atoms with E-state index in [0.717, 1.165) is 26.6 Å². The highest BCUT2D eigenvalue weighted by Crippen LogP contribution is 2.32. The van der Waals surface area contributed by atoms with E-state index in [9.17, 15) is 4.79 Å². The highest BCUT2D eigenvalue weighted by atomic mass is 79.9. The summed E-state index contributed by atoms with van der Waals surface area (Å²) in [5.41, 5.74) is 2.94. The van der Waals surface area contributed by atoms with Gasteiger partial charge in [-0.15, -0.1) is 6.58 Å². The summed E-state index contributed by atoms with van der Waals surface area (Å²) in [6, 6.07) is 18.3. The molecule has 1 atom stereocenters. The van der Waals surface area contributed by atoms with Crippen LogP contribution in [-0.4, -0.2) is 21.9 Å². The van der Waals surface area contributed by atoms with E-state index in [1.807, 2.05) is 47.4 Å². The van der Waals surface area contributed by atoms with Gasteiger partial charge in [-0.25, -0.2) is 0 Å². The van der Waals surface area contributed by atoms with Crippen LogP contribution in [0.25, 0.3) is 10.9 Å². The molecule has 24 heavy (non-hydrogen) atoms. The van der Waals surface area contributed by atoms with Gasteiger partial charge in [-0.1, -0.05) is 58.4 Å². The number of rotatable bonds is 3. The van der Waals surface area contributed by atoms with Gasteiger partial charge in [0.1, 0.15) is 5.69 Å². The molecule has 0 spiro atoms. The summed E-state index contributed by atoms with van der Waals surface area (Å²) in [5, 5.41) is 1.08. The van der Waals surface area contributed by atoms with Crippen LogP contribution >= 0.6 is 15.9 Å². The molecular formula is C20H17BrN2O. The molecule has 0 aliphatic carbocycles. The standard InChI is InChI=1S/C20H17BrN2O/c1-2-17-13-22(12-14-6-4-3-5-7-14)20(24)19-10-15-8-9-16(21)11-18(15)23(17)19/h2-11,17H,1,12-13H2/t17-/m1/s1. The number of hydrogen-bond donors (Lipinski definition) is 0. The van der Waals surface area contributed by atoms with Crippen molar-refractivity contribution in [3.05, 3.63) is 83.0 Å². The van der Waals surface area contributed by atoms with Gasteiger partial charge < -0.3 is 9.47 Å². The Morgan fingerprint density at radius 1 is 1.17 bits per heavy atom. The number of nitrogens with zero attached hydrogens (tertiary/aromatic N) is 2. The van der Waals surface area contributed by atoms with E-state index in [1.54, 1.807) is 0 Å². The number of amides is 1. The molecule has 4 rings (SSSR count). The quantitative estimate of drug-likeness (QED) is 0.599. The van der Waals surface area contributed by atoms with Crippen molar-refractivity contribution >= 4 is 32.7 Å². The van der Waals surface area contributed by atoms with Crippen LogP contribution in [0, 0.1) is 0 Å². The summed E-state index contributed by atoms with van der Waals surface area (Å²) in [7, 11) is 0. The molecule has 0 radical (unpaired) electrons. The molecule has 0 fully saturated rings. The summed E-state index contributed by atoms with van der Waals surface area (Å²) < 4.78 is 3.12. The molecular weight excluding hydrogens is 364 g/mol. The van der Waals surface area contributed by atoms with Gasteiger partial charge in [-0.2, -0.15) is 0 Å². The van der Waals surface area contributed by atoms with Crippen LogP contribution in [0.15, 0.2) is 71.7 Å². The maximum atomic E-state index is 13.0. The molecule has 2 heterocycles. The Morgan fingerprint density at radius 2 is 1.96 bits per heavy atom. The molecule has 3 nitrogen and oxygen atoms in total. The van der Waals surface area contributed by atoms with Gasteiger partial charge in [-0.05, 0) is 23.8 Å². The molecule has 0 bridgehead atoms. The lowest BCUT2D eigenvalue weighted by Gasteiger charge is -2.33. The molecule has 1 aromatic heterocycles. The Kier molecular flexibility index (Phi) is 3.77. The third kappa shape index (κ3) is 2.47. The average Bonchev–Trinajstić information content (AvgIpc) is 2.97. The molecule has 120 valence electrons. The Hall–Kier alpha value is -2.33. The molecule has 1 aliphatic rings. The molecule has 1 aliphatic heterocycles. The van der Waals surface area contributed by atoms with Crippen molar-refractivity contribution in [1.82, 2.24) is 9.47 Å². The lowest BCUT2D eigenvalue weighted by molar-refractivity contribution is 0.0676. The minimum atomic E-state index is 0.0734. The minimum Gasteiger partial charge on any atom is -0.331 e. The monoisotopic (exact) mass is 380 g/mol. The number of carbonyl (C=O) groups is 1. The summed E-state index contributed by atoms with van der Waals surface area (Å²) >= 11 is 3.52. The van der Waals surface area contributed by atoms with Gasteiger partial charge in [-0.3, -0.25) is 4.79 Å². The van der Waals surface area contributed by atoms with Gasteiger partial charge in [0.05, 0.1) is 11.6 Å². The first-order chi connectivity index (χ1) is 11.7. The van der Waals surface area contributed by atoms with Gasteiger partial charge in [0.15, 0.2) is 0 Å². The van der Waals surface area contributed by atoms with Gasteiger partial charge in [0, 0.05) is 22.9 Å². The Morgan fingerprint density at radius 3 is 2.71 bits per heavy atom. The summed E-state index contributed by atoms with van der Waals surface area (Å²) in [4.78, 5) is 14.9. The first-order valence-electron chi connectivity index (χ1n) is 7.93. The second-order valence-corrected chi connectivity index (χ2v) is 6.99. The maximum absolute atomic E-state index is 13.0. The normalized spacial score (nSPS) is 17.1. The van der Waals surface area contributed by atoms with E-state index < -0.39 is 0 Å². The zero-order chi connectivity index (χ0) is 16.7. The van der Waals surface area contributed by atoms with Crippen molar-refractivity contribution in [1.29, 1.82) is 0 Å². The average molecular weight is 381 g/mol. The fourth-order valence-electron chi connectivity index (χ4n) is 3.39.